The van der Waals surface area contributed by atoms with Gasteiger partial charge < -0.3 is 9.80 Å². The second-order valence-corrected chi connectivity index (χ2v) is 5.56. The summed E-state index contributed by atoms with van der Waals surface area (Å²) < 4.78 is 0. The highest BCUT2D eigenvalue weighted by Gasteiger charge is 2.33. The third-order valence-electron chi connectivity index (χ3n) is 3.57. The molecule has 1 aromatic carbocycles. The molecule has 1 aromatic rings. The normalized spacial score (nSPS) is 21.5. The monoisotopic (exact) mass is 249 g/mol. The van der Waals surface area contributed by atoms with Gasteiger partial charge in [-0.3, -0.25) is 5.32 Å². The van der Waals surface area contributed by atoms with Crippen molar-refractivity contribution in [2.45, 2.75) is 24.2 Å². The van der Waals surface area contributed by atoms with E-state index in [1.54, 1.807) is 0 Å². The molecule has 1 fully saturated rings. The van der Waals surface area contributed by atoms with Crippen molar-refractivity contribution in [2.75, 3.05) is 36.0 Å². The van der Waals surface area contributed by atoms with Crippen molar-refractivity contribution in [2.24, 2.45) is 0 Å². The second kappa shape index (κ2) is 4.42. The van der Waals surface area contributed by atoms with Gasteiger partial charge in [-0.1, -0.05) is 11.8 Å². The summed E-state index contributed by atoms with van der Waals surface area (Å²) in [7, 11) is 0. The van der Waals surface area contributed by atoms with Gasteiger partial charge in [0.2, 0.25) is 0 Å². The predicted molar refractivity (Wildman–Crippen MR) is 75.0 cm³/mol. The molecule has 0 spiro atoms. The number of benzene rings is 1. The molecule has 1 N–H and O–H groups in total. The van der Waals surface area contributed by atoms with E-state index in [2.05, 4.69) is 47.2 Å². The van der Waals surface area contributed by atoms with Gasteiger partial charge in [-0.05, 0) is 32.0 Å². The molecule has 2 aliphatic rings. The molecule has 3 nitrogen and oxygen atoms in total. The maximum Gasteiger partial charge on any atom is 0.133 e. The van der Waals surface area contributed by atoms with Crippen LogP contribution in [0.25, 0.3) is 0 Å². The number of hydrogen-bond donors (Lipinski definition) is 1. The minimum absolute atomic E-state index is 0.469. The van der Waals surface area contributed by atoms with Crippen LogP contribution in [0, 0.1) is 0 Å². The summed E-state index contributed by atoms with van der Waals surface area (Å²) in [5.74, 6) is 0. The average molecular weight is 249 g/mol. The number of nitrogens with one attached hydrogen (secondary N) is 1. The van der Waals surface area contributed by atoms with Crippen LogP contribution in [0.4, 0.5) is 11.4 Å². The number of nitrogens with zero attached hydrogens (tertiary/aromatic N) is 2. The quantitative estimate of drug-likeness (QED) is 0.886. The lowest BCUT2D eigenvalue weighted by molar-refractivity contribution is 0.809. The summed E-state index contributed by atoms with van der Waals surface area (Å²) >= 11 is 1.95. The average Bonchev–Trinajstić information content (AvgIpc) is 2.90. The number of thioether (sulfide) groups is 1. The molecule has 0 bridgehead atoms. The van der Waals surface area contributed by atoms with Gasteiger partial charge in [-0.2, -0.15) is 0 Å². The van der Waals surface area contributed by atoms with Crippen molar-refractivity contribution in [1.82, 2.24) is 5.32 Å². The van der Waals surface area contributed by atoms with Gasteiger partial charge >= 0.3 is 0 Å². The van der Waals surface area contributed by atoms with Gasteiger partial charge in [0, 0.05) is 36.8 Å². The SMILES string of the molecule is CCN(CC)c1ccc2c(c1)SC1NCCN21. The van der Waals surface area contributed by atoms with E-state index in [-0.39, 0.29) is 0 Å². The Bertz CT molecular complexity index is 417. The fourth-order valence-corrected chi connectivity index (χ4v) is 3.91. The summed E-state index contributed by atoms with van der Waals surface area (Å²) in [5, 5.41) is 3.52. The Morgan fingerprint density at radius 3 is 3.00 bits per heavy atom. The fraction of sp³-hybridized carbons (Fsp3) is 0.538. The Morgan fingerprint density at radius 1 is 1.41 bits per heavy atom. The molecule has 17 heavy (non-hydrogen) atoms. The standard InChI is InChI=1S/C13H19N3S/c1-3-15(4-2)10-5-6-11-12(9-10)17-13-14-7-8-16(11)13/h5-6,9,13-14H,3-4,7-8H2,1-2H3. The molecule has 1 unspecified atom stereocenters. The number of hydrogen-bond acceptors (Lipinski definition) is 4. The highest BCUT2D eigenvalue weighted by Crippen LogP contribution is 2.45. The zero-order chi connectivity index (χ0) is 11.8. The zero-order valence-electron chi connectivity index (χ0n) is 10.4. The van der Waals surface area contributed by atoms with Gasteiger partial charge in [-0.15, -0.1) is 0 Å². The second-order valence-electron chi connectivity index (χ2n) is 4.44. The summed E-state index contributed by atoms with van der Waals surface area (Å²) in [6.07, 6.45) is 0. The van der Waals surface area contributed by atoms with E-state index in [1.807, 2.05) is 11.8 Å². The molecule has 2 heterocycles. The number of fused-ring (bicyclic) bond motifs is 3. The molecule has 1 saturated heterocycles. The van der Waals surface area contributed by atoms with Crippen molar-refractivity contribution < 1.29 is 0 Å². The maximum absolute atomic E-state index is 3.52. The lowest BCUT2D eigenvalue weighted by atomic mass is 10.2. The van der Waals surface area contributed by atoms with Crippen LogP contribution in [0.2, 0.25) is 0 Å². The molecule has 0 aliphatic carbocycles. The van der Waals surface area contributed by atoms with Crippen LogP contribution in [0.5, 0.6) is 0 Å². The smallest absolute Gasteiger partial charge is 0.133 e. The Kier molecular flexibility index (Phi) is 2.92. The van der Waals surface area contributed by atoms with Gasteiger partial charge in [-0.25, -0.2) is 0 Å². The van der Waals surface area contributed by atoms with Crippen molar-refractivity contribution in [3.63, 3.8) is 0 Å². The first-order chi connectivity index (χ1) is 8.33. The van der Waals surface area contributed by atoms with Gasteiger partial charge in [0.1, 0.15) is 5.50 Å². The van der Waals surface area contributed by atoms with E-state index in [4.69, 9.17) is 0 Å². The number of rotatable bonds is 3. The first-order valence-corrected chi connectivity index (χ1v) is 7.27. The van der Waals surface area contributed by atoms with Gasteiger partial charge in [0.15, 0.2) is 0 Å². The summed E-state index contributed by atoms with van der Waals surface area (Å²) in [4.78, 5) is 6.29. The molecule has 0 radical (unpaired) electrons. The molecular weight excluding hydrogens is 230 g/mol. The summed E-state index contributed by atoms with van der Waals surface area (Å²) in [5.41, 5.74) is 3.22. The Hall–Kier alpha value is -0.870. The minimum atomic E-state index is 0.469. The third-order valence-corrected chi connectivity index (χ3v) is 4.80. The van der Waals surface area contributed by atoms with Crippen LogP contribution in [0.1, 0.15) is 13.8 Å². The van der Waals surface area contributed by atoms with Crippen molar-refractivity contribution in [1.29, 1.82) is 0 Å². The van der Waals surface area contributed by atoms with Gasteiger partial charge in [0.05, 0.1) is 5.69 Å². The van der Waals surface area contributed by atoms with E-state index in [0.29, 0.717) is 5.50 Å². The molecule has 3 rings (SSSR count). The molecule has 0 amide bonds. The molecule has 4 heteroatoms. The van der Waals surface area contributed by atoms with E-state index >= 15 is 0 Å². The van der Waals surface area contributed by atoms with Crippen LogP contribution >= 0.6 is 11.8 Å². The van der Waals surface area contributed by atoms with E-state index in [1.165, 1.54) is 16.3 Å². The van der Waals surface area contributed by atoms with Crippen LogP contribution in [0.3, 0.4) is 0 Å². The summed E-state index contributed by atoms with van der Waals surface area (Å²) in [6, 6.07) is 6.88. The van der Waals surface area contributed by atoms with Crippen LogP contribution < -0.4 is 15.1 Å². The molecule has 0 aromatic heterocycles. The molecule has 92 valence electrons. The highest BCUT2D eigenvalue weighted by atomic mass is 32.2. The van der Waals surface area contributed by atoms with Gasteiger partial charge in [0.25, 0.3) is 0 Å². The topological polar surface area (TPSA) is 18.5 Å². The van der Waals surface area contributed by atoms with Crippen molar-refractivity contribution >= 4 is 23.1 Å². The van der Waals surface area contributed by atoms with E-state index in [0.717, 1.165) is 26.2 Å². The molecule has 1 atom stereocenters. The lowest BCUT2D eigenvalue weighted by Gasteiger charge is -2.22. The molecular formula is C13H19N3S. The van der Waals surface area contributed by atoms with E-state index < -0.39 is 0 Å². The van der Waals surface area contributed by atoms with Crippen LogP contribution in [0.15, 0.2) is 23.1 Å². The Morgan fingerprint density at radius 2 is 2.24 bits per heavy atom. The largest absolute Gasteiger partial charge is 0.372 e. The van der Waals surface area contributed by atoms with Crippen molar-refractivity contribution in [3.05, 3.63) is 18.2 Å². The van der Waals surface area contributed by atoms with Crippen molar-refractivity contribution in [3.8, 4) is 0 Å². The molecule has 2 aliphatic heterocycles. The zero-order valence-corrected chi connectivity index (χ0v) is 11.3. The lowest BCUT2D eigenvalue weighted by Crippen LogP contribution is -2.28. The van der Waals surface area contributed by atoms with Crippen LogP contribution in [-0.4, -0.2) is 31.7 Å². The van der Waals surface area contributed by atoms with E-state index in [9.17, 15) is 0 Å². The fourth-order valence-electron chi connectivity index (χ4n) is 2.63. The van der Waals surface area contributed by atoms with Crippen LogP contribution in [-0.2, 0) is 0 Å². The Labute approximate surface area is 107 Å². The number of anilines is 2. The Balaban J connectivity index is 1.91. The first kappa shape index (κ1) is 11.2. The predicted octanol–water partition coefficient (Wildman–Crippen LogP) is 2.33. The summed E-state index contributed by atoms with van der Waals surface area (Å²) in [6.45, 7) is 8.81. The minimum Gasteiger partial charge on any atom is -0.372 e. The highest BCUT2D eigenvalue weighted by molar-refractivity contribution is 8.00. The first-order valence-electron chi connectivity index (χ1n) is 6.39. The third kappa shape index (κ3) is 1.79. The molecule has 0 saturated carbocycles. The maximum atomic E-state index is 3.52.